The Hall–Kier alpha value is -1.64. The summed E-state index contributed by atoms with van der Waals surface area (Å²) in [6.45, 7) is 4.22. The Morgan fingerprint density at radius 1 is 1.16 bits per heavy atom. The fraction of sp³-hybridized carbons (Fsp3) is 0.636. The fourth-order valence-electron chi connectivity index (χ4n) is 4.54. The Labute approximate surface area is 151 Å². The molecule has 2 aliphatic rings. The van der Waals surface area contributed by atoms with Gasteiger partial charge in [-0.1, -0.05) is 57.4 Å². The predicted octanol–water partition coefficient (Wildman–Crippen LogP) is 4.51. The van der Waals surface area contributed by atoms with E-state index in [4.69, 9.17) is 4.74 Å². The quantitative estimate of drug-likeness (QED) is 0.541. The molecule has 1 aromatic carbocycles. The van der Waals surface area contributed by atoms with E-state index in [1.54, 1.807) is 0 Å². The zero-order valence-electron chi connectivity index (χ0n) is 15.8. The van der Waals surface area contributed by atoms with Gasteiger partial charge in [0, 0.05) is 5.41 Å². The zero-order chi connectivity index (χ0) is 18.1. The maximum absolute atomic E-state index is 13.4. The Morgan fingerprint density at radius 3 is 2.36 bits per heavy atom. The van der Waals surface area contributed by atoms with Crippen molar-refractivity contribution in [2.24, 2.45) is 16.7 Å². The molecular formula is C22H30O3. The fourth-order valence-corrected chi connectivity index (χ4v) is 4.54. The monoisotopic (exact) mass is 342 g/mol. The van der Waals surface area contributed by atoms with E-state index in [0.717, 1.165) is 31.2 Å². The highest BCUT2D eigenvalue weighted by atomic mass is 16.5. The number of carbonyl (C=O) groups is 2. The minimum Gasteiger partial charge on any atom is -0.468 e. The van der Waals surface area contributed by atoms with Crippen LogP contribution in [-0.2, 0) is 27.2 Å². The highest BCUT2D eigenvalue weighted by molar-refractivity contribution is 6.08. The summed E-state index contributed by atoms with van der Waals surface area (Å²) in [6, 6.07) is 8.37. The summed E-state index contributed by atoms with van der Waals surface area (Å²) in [7, 11) is 1.40. The molecule has 0 bridgehead atoms. The number of esters is 1. The van der Waals surface area contributed by atoms with Gasteiger partial charge in [0.15, 0.2) is 5.78 Å². The minimum absolute atomic E-state index is 0.108. The van der Waals surface area contributed by atoms with Crippen molar-refractivity contribution in [1.82, 2.24) is 0 Å². The van der Waals surface area contributed by atoms with Crippen LogP contribution in [0.5, 0.6) is 0 Å². The molecule has 0 amide bonds. The lowest BCUT2D eigenvalue weighted by atomic mass is 9.73. The van der Waals surface area contributed by atoms with Crippen molar-refractivity contribution in [2.75, 3.05) is 7.11 Å². The molecule has 136 valence electrons. The van der Waals surface area contributed by atoms with Crippen LogP contribution in [0.1, 0.15) is 63.5 Å². The molecule has 0 heterocycles. The van der Waals surface area contributed by atoms with Crippen LogP contribution in [0, 0.1) is 16.7 Å². The number of carbonyl (C=O) groups excluding carboxylic acids is 2. The van der Waals surface area contributed by atoms with Gasteiger partial charge >= 0.3 is 5.97 Å². The molecule has 2 unspecified atom stereocenters. The standard InChI is InChI=1S/C22H30O3/c1-4-5-16-6-8-18(9-7-16)15-22(20(24)25-3)13-12-21(2,19(22)23)14-17-10-11-17/h6-9,17H,4-5,10-15H2,1-3H3. The van der Waals surface area contributed by atoms with Gasteiger partial charge in [-0.3, -0.25) is 9.59 Å². The van der Waals surface area contributed by atoms with Crippen molar-refractivity contribution >= 4 is 11.8 Å². The number of hydrogen-bond acceptors (Lipinski definition) is 3. The molecule has 0 saturated heterocycles. The van der Waals surface area contributed by atoms with Gasteiger partial charge in [0.1, 0.15) is 5.41 Å². The molecule has 0 spiro atoms. The lowest BCUT2D eigenvalue weighted by Crippen LogP contribution is -2.43. The van der Waals surface area contributed by atoms with Gasteiger partial charge in [-0.25, -0.2) is 0 Å². The smallest absolute Gasteiger partial charge is 0.319 e. The summed E-state index contributed by atoms with van der Waals surface area (Å²) in [5, 5.41) is 0. The second-order valence-corrected chi connectivity index (χ2v) is 8.35. The molecule has 0 aliphatic heterocycles. The summed E-state index contributed by atoms with van der Waals surface area (Å²) in [5.41, 5.74) is 0.992. The van der Waals surface area contributed by atoms with E-state index in [0.29, 0.717) is 18.8 Å². The molecular weight excluding hydrogens is 312 g/mol. The van der Waals surface area contributed by atoms with Gasteiger partial charge < -0.3 is 4.74 Å². The Bertz CT molecular complexity index is 644. The van der Waals surface area contributed by atoms with Gasteiger partial charge in [0.05, 0.1) is 7.11 Å². The normalized spacial score (nSPS) is 29.0. The molecule has 3 rings (SSSR count). The Balaban J connectivity index is 1.84. The summed E-state index contributed by atoms with van der Waals surface area (Å²) < 4.78 is 5.10. The average Bonchev–Trinajstić information content (AvgIpc) is 3.38. The van der Waals surface area contributed by atoms with Crippen LogP contribution in [0.15, 0.2) is 24.3 Å². The first-order valence-electron chi connectivity index (χ1n) is 9.65. The van der Waals surface area contributed by atoms with E-state index >= 15 is 0 Å². The van der Waals surface area contributed by atoms with Crippen LogP contribution >= 0.6 is 0 Å². The van der Waals surface area contributed by atoms with E-state index < -0.39 is 5.41 Å². The summed E-state index contributed by atoms with van der Waals surface area (Å²) in [4.78, 5) is 26.1. The molecule has 3 heteroatoms. The van der Waals surface area contributed by atoms with E-state index in [1.807, 2.05) is 0 Å². The van der Waals surface area contributed by atoms with Crippen LogP contribution in [0.2, 0.25) is 0 Å². The van der Waals surface area contributed by atoms with Crippen LogP contribution in [0.4, 0.5) is 0 Å². The summed E-state index contributed by atoms with van der Waals surface area (Å²) >= 11 is 0. The van der Waals surface area contributed by atoms with Gasteiger partial charge in [-0.05, 0) is 49.1 Å². The first kappa shape index (κ1) is 18.2. The summed E-state index contributed by atoms with van der Waals surface area (Å²) in [6.07, 6.45) is 7.43. The molecule has 2 fully saturated rings. The second-order valence-electron chi connectivity index (χ2n) is 8.35. The second kappa shape index (κ2) is 6.93. The molecule has 0 radical (unpaired) electrons. The lowest BCUT2D eigenvalue weighted by molar-refractivity contribution is -0.158. The third kappa shape index (κ3) is 3.51. The number of Topliss-reactive ketones (excluding diaryl/α,β-unsaturated/α-hetero) is 1. The van der Waals surface area contributed by atoms with Crippen molar-refractivity contribution in [3.8, 4) is 0 Å². The van der Waals surface area contributed by atoms with Crippen LogP contribution < -0.4 is 0 Å². The van der Waals surface area contributed by atoms with Crippen molar-refractivity contribution in [3.63, 3.8) is 0 Å². The summed E-state index contributed by atoms with van der Waals surface area (Å²) in [5.74, 6) is 0.432. The van der Waals surface area contributed by atoms with Crippen LogP contribution in [0.3, 0.4) is 0 Å². The minimum atomic E-state index is -0.995. The van der Waals surface area contributed by atoms with E-state index in [-0.39, 0.29) is 17.2 Å². The zero-order valence-corrected chi connectivity index (χ0v) is 15.8. The number of rotatable bonds is 7. The lowest BCUT2D eigenvalue weighted by Gasteiger charge is -2.29. The van der Waals surface area contributed by atoms with Gasteiger partial charge in [-0.2, -0.15) is 0 Å². The highest BCUT2D eigenvalue weighted by Gasteiger charge is 2.59. The maximum Gasteiger partial charge on any atom is 0.319 e. The topological polar surface area (TPSA) is 43.4 Å². The Kier molecular flexibility index (Phi) is 5.04. The molecule has 0 N–H and O–H groups in total. The predicted molar refractivity (Wildman–Crippen MR) is 98.3 cm³/mol. The van der Waals surface area contributed by atoms with E-state index in [1.165, 1.54) is 25.5 Å². The first-order valence-corrected chi connectivity index (χ1v) is 9.65. The van der Waals surface area contributed by atoms with Crippen LogP contribution in [0.25, 0.3) is 0 Å². The van der Waals surface area contributed by atoms with Gasteiger partial charge in [0.2, 0.25) is 0 Å². The number of aryl methyl sites for hydroxylation is 1. The van der Waals surface area contributed by atoms with Crippen molar-refractivity contribution in [3.05, 3.63) is 35.4 Å². The molecule has 3 nitrogen and oxygen atoms in total. The number of ether oxygens (including phenoxy) is 1. The van der Waals surface area contributed by atoms with Crippen molar-refractivity contribution in [2.45, 2.75) is 65.2 Å². The van der Waals surface area contributed by atoms with E-state index in [9.17, 15) is 9.59 Å². The van der Waals surface area contributed by atoms with Gasteiger partial charge in [-0.15, -0.1) is 0 Å². The first-order chi connectivity index (χ1) is 11.9. The Morgan fingerprint density at radius 2 is 1.80 bits per heavy atom. The largest absolute Gasteiger partial charge is 0.468 e. The third-order valence-electron chi connectivity index (χ3n) is 6.17. The number of ketones is 1. The van der Waals surface area contributed by atoms with Crippen molar-refractivity contribution < 1.29 is 14.3 Å². The number of benzene rings is 1. The molecule has 2 saturated carbocycles. The molecule has 0 aromatic heterocycles. The number of methoxy groups -OCH3 is 1. The highest BCUT2D eigenvalue weighted by Crippen LogP contribution is 2.54. The van der Waals surface area contributed by atoms with E-state index in [2.05, 4.69) is 38.1 Å². The SMILES string of the molecule is CCCc1ccc(CC2(C(=O)OC)CCC(C)(CC3CC3)C2=O)cc1. The molecule has 1 aromatic rings. The maximum atomic E-state index is 13.4. The van der Waals surface area contributed by atoms with Gasteiger partial charge in [0.25, 0.3) is 0 Å². The molecule has 2 atom stereocenters. The molecule has 25 heavy (non-hydrogen) atoms. The molecule has 2 aliphatic carbocycles. The number of hydrogen-bond donors (Lipinski definition) is 0. The third-order valence-corrected chi connectivity index (χ3v) is 6.17. The van der Waals surface area contributed by atoms with Crippen LogP contribution in [-0.4, -0.2) is 18.9 Å². The average molecular weight is 342 g/mol. The van der Waals surface area contributed by atoms with Crippen molar-refractivity contribution in [1.29, 1.82) is 0 Å².